The minimum absolute atomic E-state index is 0.00463. The molecule has 0 aliphatic carbocycles. The van der Waals surface area contributed by atoms with E-state index < -0.39 is 5.79 Å². The van der Waals surface area contributed by atoms with Gasteiger partial charge in [0.25, 0.3) is 0 Å². The van der Waals surface area contributed by atoms with Crippen molar-refractivity contribution in [2.24, 2.45) is 5.73 Å². The quantitative estimate of drug-likeness (QED) is 0.407. The first-order valence-electron chi connectivity index (χ1n) is 4.29. The fraction of sp³-hybridized carbons (Fsp3) is 1.00. The lowest BCUT2D eigenvalue weighted by Gasteiger charge is -2.04. The van der Waals surface area contributed by atoms with Crippen molar-refractivity contribution in [3.05, 3.63) is 0 Å². The van der Waals surface area contributed by atoms with Crippen LogP contribution < -0.4 is 5.73 Å². The van der Waals surface area contributed by atoms with E-state index in [2.05, 4.69) is 0 Å². The number of hydrogen-bond donors (Lipinski definition) is 4. The van der Waals surface area contributed by atoms with E-state index in [0.29, 0.717) is 0 Å². The van der Waals surface area contributed by atoms with Gasteiger partial charge in [-0.25, -0.2) is 0 Å². The van der Waals surface area contributed by atoms with Gasteiger partial charge >= 0.3 is 0 Å². The fourth-order valence-corrected chi connectivity index (χ4v) is 0.868. The average molecular weight is 193 g/mol. The first-order valence-corrected chi connectivity index (χ1v) is 4.29. The molecular formula is C8H19NO4. The molecule has 80 valence electrons. The van der Waals surface area contributed by atoms with Crippen molar-refractivity contribution in [1.82, 2.24) is 0 Å². The SMILES string of the molecule is CC(C)(O)O.NC1CCC(CO)O1. The van der Waals surface area contributed by atoms with Crippen LogP contribution in [-0.2, 0) is 4.74 Å². The number of aliphatic hydroxyl groups is 3. The van der Waals surface area contributed by atoms with E-state index in [1.54, 1.807) is 0 Å². The standard InChI is InChI=1S/C5H11NO2.C3H8O2/c6-5-2-1-4(3-7)8-5;1-3(2,4)5/h4-5,7H,1-3,6H2;4-5H,1-2H3. The van der Waals surface area contributed by atoms with Gasteiger partial charge < -0.3 is 25.8 Å². The van der Waals surface area contributed by atoms with Crippen molar-refractivity contribution in [1.29, 1.82) is 0 Å². The van der Waals surface area contributed by atoms with Crippen LogP contribution in [0.1, 0.15) is 26.7 Å². The van der Waals surface area contributed by atoms with Crippen LogP contribution in [0, 0.1) is 0 Å². The van der Waals surface area contributed by atoms with E-state index in [4.69, 9.17) is 25.8 Å². The summed E-state index contributed by atoms with van der Waals surface area (Å²) in [6.07, 6.45) is 1.65. The molecule has 0 bridgehead atoms. The third-order valence-corrected chi connectivity index (χ3v) is 1.34. The van der Waals surface area contributed by atoms with Crippen LogP contribution in [0.4, 0.5) is 0 Å². The zero-order valence-electron chi connectivity index (χ0n) is 8.10. The molecule has 1 saturated heterocycles. The van der Waals surface area contributed by atoms with E-state index in [1.165, 1.54) is 13.8 Å². The van der Waals surface area contributed by atoms with Crippen LogP contribution in [0.5, 0.6) is 0 Å². The Morgan fingerprint density at radius 3 is 2.00 bits per heavy atom. The Labute approximate surface area is 78.1 Å². The molecule has 5 nitrogen and oxygen atoms in total. The Morgan fingerprint density at radius 1 is 1.38 bits per heavy atom. The molecule has 0 aromatic rings. The summed E-state index contributed by atoms with van der Waals surface area (Å²) in [4.78, 5) is 0. The monoisotopic (exact) mass is 193 g/mol. The Bertz CT molecular complexity index is 129. The maximum absolute atomic E-state index is 8.50. The summed E-state index contributed by atoms with van der Waals surface area (Å²) in [5, 5.41) is 24.7. The third kappa shape index (κ3) is 9.72. The Hall–Kier alpha value is -0.200. The predicted molar refractivity (Wildman–Crippen MR) is 47.7 cm³/mol. The predicted octanol–water partition coefficient (Wildman–Crippen LogP) is -0.850. The molecule has 1 fully saturated rings. The van der Waals surface area contributed by atoms with E-state index in [0.717, 1.165) is 12.8 Å². The van der Waals surface area contributed by atoms with Crippen molar-refractivity contribution >= 4 is 0 Å². The lowest BCUT2D eigenvalue weighted by molar-refractivity contribution is -0.127. The third-order valence-electron chi connectivity index (χ3n) is 1.34. The maximum Gasteiger partial charge on any atom is 0.156 e. The molecule has 1 aliphatic rings. The second-order valence-electron chi connectivity index (χ2n) is 3.55. The second kappa shape index (κ2) is 5.51. The summed E-state index contributed by atoms with van der Waals surface area (Å²) >= 11 is 0. The summed E-state index contributed by atoms with van der Waals surface area (Å²) < 4.78 is 5.04. The summed E-state index contributed by atoms with van der Waals surface area (Å²) in [7, 11) is 0. The van der Waals surface area contributed by atoms with Crippen molar-refractivity contribution in [2.45, 2.75) is 44.8 Å². The van der Waals surface area contributed by atoms with Gasteiger partial charge in [0.2, 0.25) is 0 Å². The molecule has 0 amide bonds. The van der Waals surface area contributed by atoms with Crippen LogP contribution in [0.3, 0.4) is 0 Å². The van der Waals surface area contributed by atoms with Crippen LogP contribution in [0.15, 0.2) is 0 Å². The fourth-order valence-electron chi connectivity index (χ4n) is 0.868. The molecule has 1 aliphatic heterocycles. The second-order valence-corrected chi connectivity index (χ2v) is 3.55. The first-order chi connectivity index (χ1) is 5.83. The highest BCUT2D eigenvalue weighted by Gasteiger charge is 2.20. The van der Waals surface area contributed by atoms with E-state index >= 15 is 0 Å². The molecule has 13 heavy (non-hydrogen) atoms. The van der Waals surface area contributed by atoms with Gasteiger partial charge in [0.05, 0.1) is 12.7 Å². The van der Waals surface area contributed by atoms with E-state index in [9.17, 15) is 0 Å². The smallest absolute Gasteiger partial charge is 0.156 e. The number of ether oxygens (including phenoxy) is 1. The summed E-state index contributed by atoms with van der Waals surface area (Å²) in [6.45, 7) is 2.70. The minimum atomic E-state index is -1.50. The number of aliphatic hydroxyl groups excluding tert-OH is 1. The zero-order valence-corrected chi connectivity index (χ0v) is 8.10. The number of nitrogens with two attached hydrogens (primary N) is 1. The molecule has 2 unspecified atom stereocenters. The Balaban J connectivity index is 0.000000252. The molecular weight excluding hydrogens is 174 g/mol. The molecule has 2 atom stereocenters. The van der Waals surface area contributed by atoms with Gasteiger partial charge in [-0.3, -0.25) is 0 Å². The maximum atomic E-state index is 8.50. The lowest BCUT2D eigenvalue weighted by Crippen LogP contribution is -2.21. The summed E-state index contributed by atoms with van der Waals surface area (Å²) in [5.41, 5.74) is 5.37. The van der Waals surface area contributed by atoms with Crippen LogP contribution in [0.25, 0.3) is 0 Å². The number of hydrogen-bond acceptors (Lipinski definition) is 5. The van der Waals surface area contributed by atoms with Crippen LogP contribution in [0.2, 0.25) is 0 Å². The largest absolute Gasteiger partial charge is 0.394 e. The van der Waals surface area contributed by atoms with Crippen LogP contribution in [-0.4, -0.2) is 40.0 Å². The molecule has 1 rings (SSSR count). The van der Waals surface area contributed by atoms with Gasteiger partial charge in [0, 0.05) is 0 Å². The lowest BCUT2D eigenvalue weighted by atomic mass is 10.2. The molecule has 5 heteroatoms. The van der Waals surface area contributed by atoms with Gasteiger partial charge in [-0.15, -0.1) is 0 Å². The van der Waals surface area contributed by atoms with Gasteiger partial charge in [-0.05, 0) is 26.7 Å². The van der Waals surface area contributed by atoms with Gasteiger partial charge in [-0.2, -0.15) is 0 Å². The minimum Gasteiger partial charge on any atom is -0.394 e. The Morgan fingerprint density at radius 2 is 1.85 bits per heavy atom. The highest BCUT2D eigenvalue weighted by molar-refractivity contribution is 4.67. The van der Waals surface area contributed by atoms with Gasteiger partial charge in [0.15, 0.2) is 5.79 Å². The molecule has 1 heterocycles. The zero-order chi connectivity index (χ0) is 10.5. The van der Waals surface area contributed by atoms with Crippen molar-refractivity contribution < 1.29 is 20.1 Å². The van der Waals surface area contributed by atoms with Gasteiger partial charge in [-0.1, -0.05) is 0 Å². The van der Waals surface area contributed by atoms with E-state index in [-0.39, 0.29) is 18.9 Å². The summed E-state index contributed by atoms with van der Waals surface area (Å²) in [5.74, 6) is -1.50. The van der Waals surface area contributed by atoms with Crippen molar-refractivity contribution in [2.75, 3.05) is 6.61 Å². The first kappa shape index (κ1) is 12.8. The number of rotatable bonds is 1. The van der Waals surface area contributed by atoms with Crippen molar-refractivity contribution in [3.8, 4) is 0 Å². The van der Waals surface area contributed by atoms with Crippen LogP contribution >= 0.6 is 0 Å². The molecule has 5 N–H and O–H groups in total. The summed E-state index contributed by atoms with van der Waals surface area (Å²) in [6, 6.07) is 0. The molecule has 0 radical (unpaired) electrons. The van der Waals surface area contributed by atoms with Gasteiger partial charge in [0.1, 0.15) is 6.23 Å². The molecule has 0 aromatic heterocycles. The highest BCUT2D eigenvalue weighted by atomic mass is 16.5. The molecule has 0 spiro atoms. The highest BCUT2D eigenvalue weighted by Crippen LogP contribution is 2.14. The normalized spacial score (nSPS) is 28.2. The Kier molecular flexibility index (Phi) is 5.43. The average Bonchev–Trinajstić information content (AvgIpc) is 2.31. The van der Waals surface area contributed by atoms with Crippen molar-refractivity contribution in [3.63, 3.8) is 0 Å². The topological polar surface area (TPSA) is 95.9 Å². The van der Waals surface area contributed by atoms with E-state index in [1.807, 2.05) is 0 Å². The molecule has 0 saturated carbocycles. The molecule has 0 aromatic carbocycles.